The van der Waals surface area contributed by atoms with Crippen LogP contribution in [0.1, 0.15) is 39.2 Å². The fraction of sp³-hybridized carbons (Fsp3) is 0.571. The van der Waals surface area contributed by atoms with Crippen molar-refractivity contribution in [2.75, 3.05) is 0 Å². The summed E-state index contributed by atoms with van der Waals surface area (Å²) in [5.74, 6) is -0.186. The minimum absolute atomic E-state index is 0.186. The van der Waals surface area contributed by atoms with Gasteiger partial charge in [-0.15, -0.1) is 0 Å². The summed E-state index contributed by atoms with van der Waals surface area (Å²) >= 11 is 7.13. The molecule has 3 heteroatoms. The Balaban J connectivity index is 2.46. The Morgan fingerprint density at radius 3 is 2.47 bits per heavy atom. The number of rotatable bonds is 4. The molecule has 1 aromatic carbocycles. The quantitative estimate of drug-likeness (QED) is 0.598. The molecule has 0 saturated heterocycles. The monoisotopic (exact) mass is 364 g/mol. The van der Waals surface area contributed by atoms with Gasteiger partial charge in [0, 0.05) is 9.30 Å². The van der Waals surface area contributed by atoms with Crippen molar-refractivity contribution < 1.29 is 4.39 Å². The minimum atomic E-state index is -0.186. The number of halogens is 3. The average Bonchev–Trinajstić information content (AvgIpc) is 2.19. The van der Waals surface area contributed by atoms with Crippen LogP contribution in [-0.4, -0.2) is 4.83 Å². The van der Waals surface area contributed by atoms with Crippen molar-refractivity contribution in [2.45, 2.75) is 44.9 Å². The molecule has 0 amide bonds. The number of alkyl halides is 1. The molecule has 0 spiro atoms. The van der Waals surface area contributed by atoms with E-state index < -0.39 is 0 Å². The third-order valence-corrected chi connectivity index (χ3v) is 5.43. The van der Waals surface area contributed by atoms with Crippen LogP contribution in [0.15, 0.2) is 22.7 Å². The first-order valence-electron chi connectivity index (χ1n) is 5.88. The van der Waals surface area contributed by atoms with Crippen LogP contribution in [0.5, 0.6) is 0 Å². The summed E-state index contributed by atoms with van der Waals surface area (Å²) in [6, 6.07) is 4.92. The molecule has 0 fully saturated rings. The predicted octanol–water partition coefficient (Wildman–Crippen LogP) is 5.72. The molecule has 0 aliphatic rings. The van der Waals surface area contributed by atoms with Crippen molar-refractivity contribution in [2.24, 2.45) is 5.41 Å². The molecule has 1 atom stereocenters. The van der Waals surface area contributed by atoms with Crippen molar-refractivity contribution in [1.82, 2.24) is 0 Å². The summed E-state index contributed by atoms with van der Waals surface area (Å²) in [6.07, 6.45) is 3.23. The second-order valence-electron chi connectivity index (χ2n) is 5.46. The highest BCUT2D eigenvalue weighted by Gasteiger charge is 2.20. The van der Waals surface area contributed by atoms with Gasteiger partial charge in [-0.1, -0.05) is 58.7 Å². The molecule has 1 aromatic rings. The highest BCUT2D eigenvalue weighted by Crippen LogP contribution is 2.30. The smallest absolute Gasteiger partial charge is 0.124 e. The Morgan fingerprint density at radius 2 is 1.94 bits per heavy atom. The third-order valence-electron chi connectivity index (χ3n) is 2.86. The molecule has 0 aliphatic heterocycles. The van der Waals surface area contributed by atoms with E-state index in [9.17, 15) is 4.39 Å². The van der Waals surface area contributed by atoms with Gasteiger partial charge in [-0.05, 0) is 42.4 Å². The molecule has 0 bridgehead atoms. The molecule has 1 unspecified atom stereocenters. The Hall–Kier alpha value is 0.110. The molecule has 0 N–H and O–H groups in total. The van der Waals surface area contributed by atoms with Crippen LogP contribution in [0.3, 0.4) is 0 Å². The molecular formula is C14H19Br2F. The lowest BCUT2D eigenvalue weighted by molar-refractivity contribution is 0.380. The van der Waals surface area contributed by atoms with Crippen molar-refractivity contribution in [3.8, 4) is 0 Å². The van der Waals surface area contributed by atoms with E-state index in [0.717, 1.165) is 23.7 Å². The highest BCUT2D eigenvalue weighted by molar-refractivity contribution is 9.10. The largest absolute Gasteiger partial charge is 0.207 e. The predicted molar refractivity (Wildman–Crippen MR) is 79.2 cm³/mol. The van der Waals surface area contributed by atoms with E-state index in [4.69, 9.17) is 0 Å². The van der Waals surface area contributed by atoms with Crippen molar-refractivity contribution in [3.05, 3.63) is 34.1 Å². The van der Waals surface area contributed by atoms with E-state index in [1.165, 1.54) is 17.7 Å². The summed E-state index contributed by atoms with van der Waals surface area (Å²) in [6.45, 7) is 6.71. The van der Waals surface area contributed by atoms with E-state index in [0.29, 0.717) is 10.2 Å². The van der Waals surface area contributed by atoms with Gasteiger partial charge in [-0.25, -0.2) is 4.39 Å². The van der Waals surface area contributed by atoms with Gasteiger partial charge in [0.05, 0.1) is 0 Å². The fourth-order valence-electron chi connectivity index (χ4n) is 1.63. The van der Waals surface area contributed by atoms with E-state index in [-0.39, 0.29) is 5.82 Å². The number of hydrogen-bond acceptors (Lipinski definition) is 0. The van der Waals surface area contributed by atoms with Crippen LogP contribution in [0.25, 0.3) is 0 Å². The Morgan fingerprint density at radius 1 is 1.29 bits per heavy atom. The lowest BCUT2D eigenvalue weighted by Crippen LogP contribution is -2.20. The van der Waals surface area contributed by atoms with Crippen LogP contribution in [0.2, 0.25) is 0 Å². The van der Waals surface area contributed by atoms with E-state index in [2.05, 4.69) is 52.6 Å². The Kier molecular flexibility index (Phi) is 5.65. The highest BCUT2D eigenvalue weighted by atomic mass is 79.9. The molecule has 96 valence electrons. The minimum Gasteiger partial charge on any atom is -0.207 e. The van der Waals surface area contributed by atoms with E-state index in [1.807, 2.05) is 6.07 Å². The first-order valence-corrected chi connectivity index (χ1v) is 7.59. The van der Waals surface area contributed by atoms with Crippen molar-refractivity contribution in [3.63, 3.8) is 0 Å². The molecule has 17 heavy (non-hydrogen) atoms. The van der Waals surface area contributed by atoms with Crippen LogP contribution in [0.4, 0.5) is 4.39 Å². The van der Waals surface area contributed by atoms with Gasteiger partial charge in [-0.2, -0.15) is 0 Å². The lowest BCUT2D eigenvalue weighted by Gasteiger charge is -2.25. The fourth-order valence-corrected chi connectivity index (χ4v) is 2.50. The van der Waals surface area contributed by atoms with Crippen LogP contribution in [-0.2, 0) is 6.42 Å². The summed E-state index contributed by atoms with van der Waals surface area (Å²) < 4.78 is 13.8. The summed E-state index contributed by atoms with van der Waals surface area (Å²) in [5.41, 5.74) is 1.47. The number of hydrogen-bond donors (Lipinski definition) is 0. The zero-order valence-corrected chi connectivity index (χ0v) is 13.7. The first kappa shape index (κ1) is 15.2. The van der Waals surface area contributed by atoms with Crippen LogP contribution < -0.4 is 0 Å². The van der Waals surface area contributed by atoms with Gasteiger partial charge >= 0.3 is 0 Å². The maximum absolute atomic E-state index is 12.9. The van der Waals surface area contributed by atoms with Crippen LogP contribution in [0, 0.1) is 11.2 Å². The Labute approximate surface area is 120 Å². The van der Waals surface area contributed by atoms with Gasteiger partial charge in [-0.3, -0.25) is 0 Å². The van der Waals surface area contributed by atoms with Crippen molar-refractivity contribution >= 4 is 31.9 Å². The van der Waals surface area contributed by atoms with Gasteiger partial charge in [0.1, 0.15) is 5.82 Å². The van der Waals surface area contributed by atoms with Crippen molar-refractivity contribution in [1.29, 1.82) is 0 Å². The maximum Gasteiger partial charge on any atom is 0.124 e. The molecule has 0 aromatic heterocycles. The number of aryl methyl sites for hydroxylation is 1. The normalized spacial score (nSPS) is 13.8. The molecular weight excluding hydrogens is 347 g/mol. The van der Waals surface area contributed by atoms with Gasteiger partial charge < -0.3 is 0 Å². The zero-order chi connectivity index (χ0) is 13.1. The van der Waals surface area contributed by atoms with E-state index >= 15 is 0 Å². The van der Waals surface area contributed by atoms with Crippen LogP contribution >= 0.6 is 31.9 Å². The molecule has 0 heterocycles. The molecule has 1 rings (SSSR count). The molecule has 0 aliphatic carbocycles. The summed E-state index contributed by atoms with van der Waals surface area (Å²) in [7, 11) is 0. The van der Waals surface area contributed by atoms with E-state index in [1.54, 1.807) is 0 Å². The molecule has 0 nitrogen and oxygen atoms in total. The third kappa shape index (κ3) is 5.09. The Bertz CT molecular complexity index is 369. The standard InChI is InChI=1S/C14H19Br2F/c1-14(2,3)13(16)6-4-5-10-7-8-11(17)9-12(10)15/h7-9,13H,4-6H2,1-3H3. The average molecular weight is 366 g/mol. The van der Waals surface area contributed by atoms with Gasteiger partial charge in [0.25, 0.3) is 0 Å². The second-order valence-corrected chi connectivity index (χ2v) is 7.42. The summed E-state index contributed by atoms with van der Waals surface area (Å²) in [5, 5.41) is 0. The topological polar surface area (TPSA) is 0 Å². The first-order chi connectivity index (χ1) is 7.80. The van der Waals surface area contributed by atoms with Gasteiger partial charge in [0.15, 0.2) is 0 Å². The SMILES string of the molecule is CC(C)(C)C(Br)CCCc1ccc(F)cc1Br. The summed E-state index contributed by atoms with van der Waals surface area (Å²) in [4.78, 5) is 0.522. The zero-order valence-electron chi connectivity index (χ0n) is 10.6. The molecule has 0 radical (unpaired) electrons. The lowest BCUT2D eigenvalue weighted by atomic mass is 9.89. The maximum atomic E-state index is 12.9. The molecule has 0 saturated carbocycles. The second kappa shape index (κ2) is 6.33. The van der Waals surface area contributed by atoms with Gasteiger partial charge in [0.2, 0.25) is 0 Å². The number of benzene rings is 1.